The Bertz CT molecular complexity index is 229. The van der Waals surface area contributed by atoms with Crippen LogP contribution in [-0.4, -0.2) is 12.1 Å². The molecule has 5 heteroatoms. The van der Waals surface area contributed by atoms with Gasteiger partial charge in [-0.1, -0.05) is 28.3 Å². The Balaban J connectivity index is 2.81. The fourth-order valence-corrected chi connectivity index (χ4v) is 0.805. The van der Waals surface area contributed by atoms with Crippen molar-refractivity contribution in [3.8, 4) is 0 Å². The summed E-state index contributed by atoms with van der Waals surface area (Å²) in [6, 6.07) is 6.04. The van der Waals surface area contributed by atoms with Crippen molar-refractivity contribution in [2.75, 3.05) is 0 Å². The van der Waals surface area contributed by atoms with E-state index in [0.717, 1.165) is 0 Å². The van der Waals surface area contributed by atoms with E-state index in [4.69, 9.17) is 16.6 Å². The van der Waals surface area contributed by atoms with Crippen LogP contribution in [0.1, 0.15) is 0 Å². The summed E-state index contributed by atoms with van der Waals surface area (Å²) in [5.74, 6) is 0. The van der Waals surface area contributed by atoms with Gasteiger partial charge in [-0.2, -0.15) is 0 Å². The Morgan fingerprint density at radius 1 is 1.36 bits per heavy atom. The predicted molar refractivity (Wildman–Crippen MR) is 41.3 cm³/mol. The van der Waals surface area contributed by atoms with Crippen LogP contribution in [0.25, 0.3) is 0 Å². The zero-order valence-electron chi connectivity index (χ0n) is 5.50. The summed E-state index contributed by atoms with van der Waals surface area (Å²) in [5.41, 5.74) is 0.330. The molecule has 1 rings (SSSR count). The standard InChI is InChI=1S/C6H5BClFO2/c8-6-3-1-5(2-4-6)7(10)11-9/h1-4,10H. The Labute approximate surface area is 68.6 Å². The van der Waals surface area contributed by atoms with Gasteiger partial charge >= 0.3 is 7.12 Å². The molecule has 0 unspecified atom stereocenters. The van der Waals surface area contributed by atoms with Crippen LogP contribution in [-0.2, 0) is 4.86 Å². The minimum Gasteiger partial charge on any atom is -0.421 e. The van der Waals surface area contributed by atoms with Crippen LogP contribution in [0.5, 0.6) is 0 Å². The molecule has 0 atom stereocenters. The predicted octanol–water partition coefficient (Wildman–Crippen LogP) is 0.929. The fourth-order valence-electron chi connectivity index (χ4n) is 0.679. The highest BCUT2D eigenvalue weighted by Gasteiger charge is 2.16. The fraction of sp³-hybridized carbons (Fsp3) is 0. The molecule has 0 heterocycles. The van der Waals surface area contributed by atoms with Crippen LogP contribution in [0, 0.1) is 0 Å². The summed E-state index contributed by atoms with van der Waals surface area (Å²) in [7, 11) is -1.52. The molecule has 11 heavy (non-hydrogen) atoms. The first-order valence-electron chi connectivity index (χ1n) is 2.95. The molecule has 0 saturated heterocycles. The normalized spacial score (nSPS) is 9.73. The monoisotopic (exact) mass is 174 g/mol. The maximum atomic E-state index is 11.4. The van der Waals surface area contributed by atoms with Gasteiger partial charge in [0.1, 0.15) is 0 Å². The van der Waals surface area contributed by atoms with Crippen LogP contribution >= 0.6 is 11.6 Å². The van der Waals surface area contributed by atoms with E-state index in [2.05, 4.69) is 4.86 Å². The number of hydrogen-bond acceptors (Lipinski definition) is 2. The minimum atomic E-state index is -1.52. The van der Waals surface area contributed by atoms with Crippen molar-refractivity contribution in [2.24, 2.45) is 0 Å². The largest absolute Gasteiger partial charge is 0.529 e. The van der Waals surface area contributed by atoms with Gasteiger partial charge in [-0.05, 0) is 17.6 Å². The van der Waals surface area contributed by atoms with Crippen molar-refractivity contribution >= 4 is 24.2 Å². The third-order valence-corrected chi connectivity index (χ3v) is 1.49. The average molecular weight is 174 g/mol. The van der Waals surface area contributed by atoms with Crippen LogP contribution in [0.3, 0.4) is 0 Å². The third-order valence-electron chi connectivity index (χ3n) is 1.24. The Morgan fingerprint density at radius 2 is 1.91 bits per heavy atom. The summed E-state index contributed by atoms with van der Waals surface area (Å²) < 4.78 is 11.4. The smallest absolute Gasteiger partial charge is 0.421 e. The summed E-state index contributed by atoms with van der Waals surface area (Å²) >= 11 is 5.54. The van der Waals surface area contributed by atoms with E-state index in [1.807, 2.05) is 0 Å². The topological polar surface area (TPSA) is 29.5 Å². The van der Waals surface area contributed by atoms with Gasteiger partial charge < -0.3 is 5.02 Å². The van der Waals surface area contributed by atoms with Gasteiger partial charge in [-0.3, -0.25) is 0 Å². The average Bonchev–Trinajstić information content (AvgIpc) is 2.05. The third kappa shape index (κ3) is 2.18. The molecule has 2 nitrogen and oxygen atoms in total. The quantitative estimate of drug-likeness (QED) is 0.676. The molecular formula is C6H5BClFO2. The highest BCUT2D eigenvalue weighted by Crippen LogP contribution is 2.04. The lowest BCUT2D eigenvalue weighted by molar-refractivity contribution is -0.0267. The maximum absolute atomic E-state index is 11.4. The molecule has 0 amide bonds. The van der Waals surface area contributed by atoms with E-state index in [9.17, 15) is 4.53 Å². The van der Waals surface area contributed by atoms with Gasteiger partial charge in [0.15, 0.2) is 0 Å². The van der Waals surface area contributed by atoms with E-state index in [1.54, 1.807) is 12.1 Å². The lowest BCUT2D eigenvalue weighted by Crippen LogP contribution is -2.30. The highest BCUT2D eigenvalue weighted by molar-refractivity contribution is 6.59. The Kier molecular flexibility index (Phi) is 2.88. The highest BCUT2D eigenvalue weighted by atomic mass is 35.5. The van der Waals surface area contributed by atoms with Gasteiger partial charge in [0, 0.05) is 5.02 Å². The van der Waals surface area contributed by atoms with Crippen molar-refractivity contribution in [2.45, 2.75) is 0 Å². The van der Waals surface area contributed by atoms with Crippen LogP contribution in [0.4, 0.5) is 4.53 Å². The van der Waals surface area contributed by atoms with Crippen LogP contribution in [0.2, 0.25) is 5.02 Å². The van der Waals surface area contributed by atoms with E-state index in [1.165, 1.54) is 12.1 Å². The molecule has 0 saturated carbocycles. The summed E-state index contributed by atoms with van der Waals surface area (Å²) in [4.78, 5) is 3.19. The number of benzene rings is 1. The molecule has 0 bridgehead atoms. The van der Waals surface area contributed by atoms with Crippen molar-refractivity contribution in [3.63, 3.8) is 0 Å². The van der Waals surface area contributed by atoms with Gasteiger partial charge in [0.2, 0.25) is 0 Å². The number of hydrogen-bond donors (Lipinski definition) is 1. The molecule has 0 radical (unpaired) electrons. The number of halogens is 2. The molecule has 0 aliphatic rings. The lowest BCUT2D eigenvalue weighted by Gasteiger charge is -1.98. The summed E-state index contributed by atoms with van der Waals surface area (Å²) in [6.07, 6.45) is 0. The number of rotatable bonds is 2. The van der Waals surface area contributed by atoms with Crippen molar-refractivity contribution < 1.29 is 14.4 Å². The van der Waals surface area contributed by atoms with Gasteiger partial charge in [0.05, 0.1) is 0 Å². The first kappa shape index (κ1) is 8.52. The van der Waals surface area contributed by atoms with E-state index < -0.39 is 7.12 Å². The van der Waals surface area contributed by atoms with Crippen molar-refractivity contribution in [1.82, 2.24) is 0 Å². The maximum Gasteiger partial charge on any atom is 0.529 e. The molecule has 1 N–H and O–H groups in total. The van der Waals surface area contributed by atoms with E-state index in [-0.39, 0.29) is 0 Å². The zero-order chi connectivity index (χ0) is 8.27. The van der Waals surface area contributed by atoms with Crippen LogP contribution < -0.4 is 5.46 Å². The van der Waals surface area contributed by atoms with E-state index >= 15 is 0 Å². The molecule has 0 fully saturated rings. The Hall–Kier alpha value is -0.575. The van der Waals surface area contributed by atoms with Crippen molar-refractivity contribution in [3.05, 3.63) is 29.3 Å². The Morgan fingerprint density at radius 3 is 2.36 bits per heavy atom. The summed E-state index contributed by atoms with van der Waals surface area (Å²) in [5, 5.41) is 9.31. The molecule has 0 aromatic heterocycles. The summed E-state index contributed by atoms with van der Waals surface area (Å²) in [6.45, 7) is 0. The molecule has 0 aliphatic carbocycles. The van der Waals surface area contributed by atoms with Gasteiger partial charge in [0.25, 0.3) is 0 Å². The molecule has 1 aromatic rings. The van der Waals surface area contributed by atoms with Gasteiger partial charge in [-0.15, -0.1) is 0 Å². The molecule has 58 valence electrons. The lowest BCUT2D eigenvalue weighted by atomic mass is 9.80. The second-order valence-corrected chi connectivity index (χ2v) is 2.43. The molecular weight excluding hydrogens is 169 g/mol. The second-order valence-electron chi connectivity index (χ2n) is 1.99. The minimum absolute atomic E-state index is 0.330. The molecule has 0 aliphatic heterocycles. The first-order valence-corrected chi connectivity index (χ1v) is 3.33. The molecule has 0 spiro atoms. The second kappa shape index (κ2) is 3.71. The van der Waals surface area contributed by atoms with Crippen LogP contribution in [0.15, 0.2) is 24.3 Å². The molecule has 1 aromatic carbocycles. The zero-order valence-corrected chi connectivity index (χ0v) is 6.25. The van der Waals surface area contributed by atoms with E-state index in [0.29, 0.717) is 10.5 Å². The van der Waals surface area contributed by atoms with Gasteiger partial charge in [-0.25, -0.2) is 4.86 Å². The first-order chi connectivity index (χ1) is 5.24. The van der Waals surface area contributed by atoms with Crippen molar-refractivity contribution in [1.29, 1.82) is 0 Å². The SMILES string of the molecule is OB(OF)c1ccc(Cl)cc1.